The van der Waals surface area contributed by atoms with E-state index in [2.05, 4.69) is 17.1 Å². The van der Waals surface area contributed by atoms with Crippen LogP contribution in [-0.4, -0.2) is 62.8 Å². The minimum absolute atomic E-state index is 0. The lowest BCUT2D eigenvalue weighted by Crippen LogP contribution is -2.32. The summed E-state index contributed by atoms with van der Waals surface area (Å²) in [5.74, 6) is -0.105. The van der Waals surface area contributed by atoms with Gasteiger partial charge in [0.05, 0.1) is 4.90 Å². The molecule has 1 unspecified atom stereocenters. The molecule has 28 heavy (non-hydrogen) atoms. The maximum atomic E-state index is 12.7. The van der Waals surface area contributed by atoms with E-state index in [1.807, 2.05) is 0 Å². The van der Waals surface area contributed by atoms with Gasteiger partial charge in [0.2, 0.25) is 15.9 Å². The topological polar surface area (TPSA) is 95.7 Å². The molecule has 2 saturated heterocycles. The third kappa shape index (κ3) is 5.45. The van der Waals surface area contributed by atoms with Crippen LogP contribution in [0.2, 0.25) is 0 Å². The average molecular weight is 431 g/mol. The van der Waals surface area contributed by atoms with Gasteiger partial charge >= 0.3 is 0 Å². The summed E-state index contributed by atoms with van der Waals surface area (Å²) >= 11 is 0. The Balaban J connectivity index is 0.00000280. The summed E-state index contributed by atoms with van der Waals surface area (Å²) < 4.78 is 26.8. The Morgan fingerprint density at radius 1 is 1.25 bits per heavy atom. The second kappa shape index (κ2) is 9.54. The third-order valence-corrected chi connectivity index (χ3v) is 7.50. The molecule has 1 aromatic carbocycles. The Morgan fingerprint density at radius 3 is 2.61 bits per heavy atom. The van der Waals surface area contributed by atoms with Crippen LogP contribution in [0.25, 0.3) is 0 Å². The lowest BCUT2D eigenvalue weighted by molar-refractivity contribution is -0.116. The van der Waals surface area contributed by atoms with Crippen LogP contribution in [0.4, 0.5) is 5.69 Å². The molecule has 2 fully saturated rings. The zero-order valence-corrected chi connectivity index (χ0v) is 18.0. The Kier molecular flexibility index (Phi) is 7.87. The molecule has 1 amide bonds. The van der Waals surface area contributed by atoms with Gasteiger partial charge in [-0.25, -0.2) is 8.42 Å². The number of nitrogens with zero attached hydrogens (tertiary/aromatic N) is 2. The minimum atomic E-state index is -3.48. The highest BCUT2D eigenvalue weighted by Crippen LogP contribution is 2.28. The van der Waals surface area contributed by atoms with E-state index >= 15 is 0 Å². The zero-order chi connectivity index (χ0) is 19.5. The SMILES string of the molecule is CC1(CN)CCN(CCC(=O)Nc2cccc(S(=O)(=O)N3CCCC3)c2)C1.Cl. The first-order valence-electron chi connectivity index (χ1n) is 9.65. The highest BCUT2D eigenvalue weighted by molar-refractivity contribution is 7.89. The molecule has 3 rings (SSSR count). The monoisotopic (exact) mass is 430 g/mol. The van der Waals surface area contributed by atoms with E-state index in [1.54, 1.807) is 24.3 Å². The number of nitrogens with two attached hydrogens (primary N) is 1. The molecule has 0 spiro atoms. The van der Waals surface area contributed by atoms with Crippen molar-refractivity contribution in [2.45, 2.75) is 37.5 Å². The summed E-state index contributed by atoms with van der Waals surface area (Å²) in [5.41, 5.74) is 6.49. The van der Waals surface area contributed by atoms with E-state index in [4.69, 9.17) is 5.73 Å². The maximum absolute atomic E-state index is 12.7. The highest BCUT2D eigenvalue weighted by atomic mass is 35.5. The average Bonchev–Trinajstić information content (AvgIpc) is 3.31. The molecule has 1 aromatic rings. The Morgan fingerprint density at radius 2 is 1.96 bits per heavy atom. The number of carbonyl (C=O) groups is 1. The lowest BCUT2D eigenvalue weighted by Gasteiger charge is -2.22. The molecule has 0 bridgehead atoms. The molecular weight excluding hydrogens is 400 g/mol. The quantitative estimate of drug-likeness (QED) is 0.688. The Labute approximate surface area is 174 Å². The number of carbonyl (C=O) groups excluding carboxylic acids is 1. The van der Waals surface area contributed by atoms with Gasteiger partial charge in [0, 0.05) is 38.3 Å². The van der Waals surface area contributed by atoms with E-state index < -0.39 is 10.0 Å². The van der Waals surface area contributed by atoms with Crippen molar-refractivity contribution in [2.24, 2.45) is 11.1 Å². The molecule has 2 aliphatic rings. The van der Waals surface area contributed by atoms with Crippen molar-refractivity contribution in [3.8, 4) is 0 Å². The van der Waals surface area contributed by atoms with Gasteiger partial charge in [-0.15, -0.1) is 12.4 Å². The van der Waals surface area contributed by atoms with Crippen LogP contribution in [0.15, 0.2) is 29.2 Å². The number of hydrogen-bond donors (Lipinski definition) is 2. The first-order valence-corrected chi connectivity index (χ1v) is 11.1. The first kappa shape index (κ1) is 23.1. The molecule has 7 nitrogen and oxygen atoms in total. The van der Waals surface area contributed by atoms with Gasteiger partial charge in [0.15, 0.2) is 0 Å². The van der Waals surface area contributed by atoms with Crippen molar-refractivity contribution in [1.29, 1.82) is 0 Å². The van der Waals surface area contributed by atoms with Crippen LogP contribution in [0.3, 0.4) is 0 Å². The number of halogens is 1. The van der Waals surface area contributed by atoms with Crippen molar-refractivity contribution < 1.29 is 13.2 Å². The second-order valence-corrected chi connectivity index (χ2v) is 9.92. The molecular formula is C19H31ClN4O3S. The molecule has 9 heteroatoms. The zero-order valence-electron chi connectivity index (χ0n) is 16.4. The van der Waals surface area contributed by atoms with Crippen LogP contribution < -0.4 is 11.1 Å². The molecule has 0 aromatic heterocycles. The third-order valence-electron chi connectivity index (χ3n) is 5.61. The van der Waals surface area contributed by atoms with E-state index in [1.165, 1.54) is 4.31 Å². The van der Waals surface area contributed by atoms with Crippen molar-refractivity contribution in [3.63, 3.8) is 0 Å². The van der Waals surface area contributed by atoms with Crippen LogP contribution in [0.1, 0.15) is 32.6 Å². The fourth-order valence-electron chi connectivity index (χ4n) is 3.78. The van der Waals surface area contributed by atoms with Crippen LogP contribution >= 0.6 is 12.4 Å². The first-order chi connectivity index (χ1) is 12.8. The second-order valence-electron chi connectivity index (χ2n) is 7.98. The van der Waals surface area contributed by atoms with E-state index in [9.17, 15) is 13.2 Å². The van der Waals surface area contributed by atoms with Gasteiger partial charge in [-0.05, 0) is 56.0 Å². The summed E-state index contributed by atoms with van der Waals surface area (Å²) in [5, 5.41) is 2.83. The van der Waals surface area contributed by atoms with Crippen molar-refractivity contribution in [2.75, 3.05) is 44.6 Å². The predicted molar refractivity (Wildman–Crippen MR) is 113 cm³/mol. The van der Waals surface area contributed by atoms with Gasteiger partial charge < -0.3 is 16.0 Å². The van der Waals surface area contributed by atoms with Gasteiger partial charge in [0.25, 0.3) is 0 Å². The Bertz CT molecular complexity index is 783. The molecule has 0 radical (unpaired) electrons. The van der Waals surface area contributed by atoms with E-state index in [-0.39, 0.29) is 28.6 Å². The van der Waals surface area contributed by atoms with E-state index in [0.717, 1.165) is 32.4 Å². The van der Waals surface area contributed by atoms with Gasteiger partial charge in [-0.1, -0.05) is 13.0 Å². The predicted octanol–water partition coefficient (Wildman–Crippen LogP) is 1.89. The molecule has 3 N–H and O–H groups in total. The van der Waals surface area contributed by atoms with Crippen molar-refractivity contribution in [3.05, 3.63) is 24.3 Å². The maximum Gasteiger partial charge on any atom is 0.243 e. The largest absolute Gasteiger partial charge is 0.330 e. The normalized spacial score (nSPS) is 23.5. The van der Waals surface area contributed by atoms with Crippen LogP contribution in [0, 0.1) is 5.41 Å². The molecule has 0 saturated carbocycles. The highest BCUT2D eigenvalue weighted by Gasteiger charge is 2.32. The van der Waals surface area contributed by atoms with Crippen molar-refractivity contribution >= 4 is 34.0 Å². The smallest absolute Gasteiger partial charge is 0.243 e. The number of anilines is 1. The van der Waals surface area contributed by atoms with Crippen LogP contribution in [0.5, 0.6) is 0 Å². The number of rotatable bonds is 7. The summed E-state index contributed by atoms with van der Waals surface area (Å²) in [6.45, 7) is 6.54. The summed E-state index contributed by atoms with van der Waals surface area (Å²) in [6, 6.07) is 6.53. The van der Waals surface area contributed by atoms with Gasteiger partial charge in [0.1, 0.15) is 0 Å². The molecule has 2 heterocycles. The van der Waals surface area contributed by atoms with Crippen molar-refractivity contribution in [1.82, 2.24) is 9.21 Å². The molecule has 158 valence electrons. The number of sulfonamides is 1. The van der Waals surface area contributed by atoms with E-state index in [0.29, 0.717) is 38.3 Å². The number of nitrogens with one attached hydrogen (secondary N) is 1. The summed E-state index contributed by atoms with van der Waals surface area (Å²) in [7, 11) is -3.48. The number of hydrogen-bond acceptors (Lipinski definition) is 5. The van der Waals surface area contributed by atoms with Gasteiger partial charge in [-0.3, -0.25) is 4.79 Å². The fraction of sp³-hybridized carbons (Fsp3) is 0.632. The number of benzene rings is 1. The molecule has 1 atom stereocenters. The Hall–Kier alpha value is -1.19. The number of likely N-dealkylation sites (tertiary alicyclic amines) is 1. The molecule has 0 aliphatic carbocycles. The summed E-state index contributed by atoms with van der Waals surface area (Å²) in [4.78, 5) is 14.8. The number of amides is 1. The molecule has 2 aliphatic heterocycles. The van der Waals surface area contributed by atoms with Crippen LogP contribution in [-0.2, 0) is 14.8 Å². The van der Waals surface area contributed by atoms with Gasteiger partial charge in [-0.2, -0.15) is 4.31 Å². The lowest BCUT2D eigenvalue weighted by atomic mass is 9.90. The standard InChI is InChI=1S/C19H30N4O3S.ClH/c1-19(14-20)8-12-22(15-19)11-7-18(24)21-16-5-4-6-17(13-16)27(25,26)23-9-2-3-10-23;/h4-6,13H,2-3,7-12,14-15,20H2,1H3,(H,21,24);1H. The minimum Gasteiger partial charge on any atom is -0.330 e. The summed E-state index contributed by atoms with van der Waals surface area (Å²) in [6.07, 6.45) is 3.23. The fourth-order valence-corrected chi connectivity index (χ4v) is 5.34.